The molecule has 9 aromatic rings. The van der Waals surface area contributed by atoms with Gasteiger partial charge in [0.25, 0.3) is 0 Å². The summed E-state index contributed by atoms with van der Waals surface area (Å²) in [4.78, 5) is 3.76. The Bertz CT molecular complexity index is 2940. The van der Waals surface area contributed by atoms with E-state index in [0.29, 0.717) is 6.04 Å². The van der Waals surface area contributed by atoms with Crippen molar-refractivity contribution in [2.45, 2.75) is 32.9 Å². The van der Waals surface area contributed by atoms with Crippen molar-refractivity contribution in [3.63, 3.8) is 0 Å². The molecule has 3 heterocycles. The van der Waals surface area contributed by atoms with E-state index >= 15 is 0 Å². The molecule has 0 saturated carbocycles. The van der Waals surface area contributed by atoms with Gasteiger partial charge in [0, 0.05) is 51.4 Å². The molecule has 0 radical (unpaired) electrons. The average Bonchev–Trinajstić information content (AvgIpc) is 3.97. The molecule has 0 spiro atoms. The molecule has 0 amide bonds. The summed E-state index contributed by atoms with van der Waals surface area (Å²) in [6.45, 7) is 12.1. The molecule has 7 aromatic carbocycles. The molecule has 0 saturated heterocycles. The standard InChI is InChI=1S/C27H22N2.C14H15N.C8H9N.C7H8N2/c1-18-8-7-11-21(16-18)29-24-13-6-5-12-22(24)26-25(29)15-14-20-17-23(28-27(20)26)19-9-3-2-4-10-19;1-4-5-9-13-11(2)12-8-6-7-10-14(12)15(13)3;1-9-7-8-5-3-2-4-6-8;8-7(9)6-4-2-1-3-5-6/h2-16,23,28H,17H2,1H3;4-10H,1H2,2-3H3;2-6H,1,7H2;1-5H,(H3,8,9)/b;9-5-;;. The fourth-order valence-electron chi connectivity index (χ4n) is 8.14. The van der Waals surface area contributed by atoms with E-state index in [9.17, 15) is 0 Å². The summed E-state index contributed by atoms with van der Waals surface area (Å²) >= 11 is 0. The van der Waals surface area contributed by atoms with Crippen LogP contribution in [-0.2, 0) is 20.0 Å². The number of benzene rings is 7. The third-order valence-electron chi connectivity index (χ3n) is 11.2. The van der Waals surface area contributed by atoms with Gasteiger partial charge in [-0.15, -0.1) is 0 Å². The monoisotopic (exact) mass is 810 g/mol. The number of allylic oxidation sites excluding steroid dienone is 2. The number of hydrogen-bond acceptors (Lipinski definition) is 3. The van der Waals surface area contributed by atoms with E-state index in [1.807, 2.05) is 66.7 Å². The van der Waals surface area contributed by atoms with Crippen LogP contribution in [0.3, 0.4) is 0 Å². The molecule has 2 aromatic heterocycles. The highest BCUT2D eigenvalue weighted by molar-refractivity contribution is 6.16. The lowest BCUT2D eigenvalue weighted by molar-refractivity contribution is 0.824. The molecule has 0 aliphatic carbocycles. The zero-order chi connectivity index (χ0) is 43.4. The third-order valence-corrected chi connectivity index (χ3v) is 11.2. The maximum absolute atomic E-state index is 7.01. The fraction of sp³-hybridized carbons (Fsp3) is 0.107. The van der Waals surface area contributed by atoms with Gasteiger partial charge in [0.05, 0.1) is 23.6 Å². The summed E-state index contributed by atoms with van der Waals surface area (Å²) in [5.41, 5.74) is 20.1. The number of hydrogen-bond donors (Lipinski definition) is 3. The molecule has 1 unspecified atom stereocenters. The summed E-state index contributed by atoms with van der Waals surface area (Å²) in [5.74, 6) is 0.121. The van der Waals surface area contributed by atoms with Gasteiger partial charge in [0.15, 0.2) is 0 Å². The van der Waals surface area contributed by atoms with Crippen LogP contribution in [0.25, 0.3) is 44.5 Å². The number of rotatable bonds is 7. The van der Waals surface area contributed by atoms with Crippen LogP contribution in [0.4, 0.5) is 5.69 Å². The first kappa shape index (κ1) is 42.4. The number of nitrogens with zero attached hydrogens (tertiary/aromatic N) is 3. The van der Waals surface area contributed by atoms with Gasteiger partial charge < -0.3 is 20.2 Å². The largest absolute Gasteiger partial charge is 0.384 e. The molecule has 6 nitrogen and oxygen atoms in total. The van der Waals surface area contributed by atoms with Gasteiger partial charge in [0.2, 0.25) is 0 Å². The Morgan fingerprint density at radius 3 is 2.00 bits per heavy atom. The van der Waals surface area contributed by atoms with Gasteiger partial charge in [0.1, 0.15) is 5.84 Å². The summed E-state index contributed by atoms with van der Waals surface area (Å²) in [6.07, 6.45) is 6.90. The minimum atomic E-state index is 0.121. The number of aromatic nitrogens is 2. The topological polar surface area (TPSA) is 84.1 Å². The molecule has 6 heteroatoms. The van der Waals surface area contributed by atoms with E-state index in [-0.39, 0.29) is 5.84 Å². The maximum atomic E-state index is 7.01. The minimum absolute atomic E-state index is 0.121. The molecule has 0 bridgehead atoms. The van der Waals surface area contributed by atoms with Crippen molar-refractivity contribution in [3.05, 3.63) is 234 Å². The molecule has 4 N–H and O–H groups in total. The van der Waals surface area contributed by atoms with E-state index in [2.05, 4.69) is 175 Å². The Morgan fingerprint density at radius 1 is 0.742 bits per heavy atom. The van der Waals surface area contributed by atoms with E-state index < -0.39 is 0 Å². The molecular formula is C56H54N6. The van der Waals surface area contributed by atoms with E-state index in [0.717, 1.165) is 18.5 Å². The van der Waals surface area contributed by atoms with Crippen molar-refractivity contribution in [2.75, 3.05) is 5.32 Å². The summed E-state index contributed by atoms with van der Waals surface area (Å²) in [7, 11) is 2.10. The summed E-state index contributed by atoms with van der Waals surface area (Å²) < 4.78 is 4.61. The lowest BCUT2D eigenvalue weighted by atomic mass is 10.0. The first-order valence-electron chi connectivity index (χ1n) is 20.9. The van der Waals surface area contributed by atoms with Crippen molar-refractivity contribution in [1.29, 1.82) is 5.41 Å². The number of fused-ring (bicyclic) bond motifs is 6. The number of aryl methyl sites for hydroxylation is 3. The normalized spacial score (nSPS) is 12.6. The Hall–Kier alpha value is -7.70. The van der Waals surface area contributed by atoms with Crippen molar-refractivity contribution in [3.8, 4) is 5.69 Å². The van der Waals surface area contributed by atoms with Gasteiger partial charge in [-0.05, 0) is 91.2 Å². The van der Waals surface area contributed by atoms with Crippen molar-refractivity contribution < 1.29 is 0 Å². The van der Waals surface area contributed by atoms with Gasteiger partial charge in [-0.2, -0.15) is 0 Å². The predicted octanol–water partition coefficient (Wildman–Crippen LogP) is 13.3. The number of amidine groups is 1. The van der Waals surface area contributed by atoms with E-state index in [1.54, 1.807) is 6.08 Å². The minimum Gasteiger partial charge on any atom is -0.384 e. The fourth-order valence-corrected chi connectivity index (χ4v) is 8.14. The third kappa shape index (κ3) is 9.51. The van der Waals surface area contributed by atoms with Crippen LogP contribution in [-0.4, -0.2) is 21.7 Å². The van der Waals surface area contributed by atoms with Crippen LogP contribution >= 0.6 is 0 Å². The zero-order valence-electron chi connectivity index (χ0n) is 35.8. The molecule has 10 rings (SSSR count). The van der Waals surface area contributed by atoms with Gasteiger partial charge in [-0.25, -0.2) is 0 Å². The van der Waals surface area contributed by atoms with Gasteiger partial charge in [-0.1, -0.05) is 164 Å². The second kappa shape index (κ2) is 20.0. The van der Waals surface area contributed by atoms with Crippen LogP contribution in [0.15, 0.2) is 200 Å². The quantitative estimate of drug-likeness (QED) is 0.0851. The van der Waals surface area contributed by atoms with E-state index in [1.165, 1.54) is 77.6 Å². The Balaban J connectivity index is 0.000000145. The van der Waals surface area contributed by atoms with Crippen LogP contribution in [0.5, 0.6) is 0 Å². The Morgan fingerprint density at radius 2 is 1.37 bits per heavy atom. The highest BCUT2D eigenvalue weighted by Gasteiger charge is 2.26. The number of nitrogen functional groups attached to an aromatic ring is 1. The lowest BCUT2D eigenvalue weighted by Crippen LogP contribution is -2.10. The zero-order valence-corrected chi connectivity index (χ0v) is 35.8. The smallest absolute Gasteiger partial charge is 0.122 e. The number of nitrogens with one attached hydrogen (secondary N) is 2. The molecule has 308 valence electrons. The predicted molar refractivity (Wildman–Crippen MR) is 266 cm³/mol. The van der Waals surface area contributed by atoms with Crippen molar-refractivity contribution in [2.24, 2.45) is 17.8 Å². The maximum Gasteiger partial charge on any atom is 0.122 e. The average molecular weight is 811 g/mol. The molecular weight excluding hydrogens is 757 g/mol. The second-order valence-corrected chi connectivity index (χ2v) is 15.3. The van der Waals surface area contributed by atoms with Crippen molar-refractivity contribution >= 4 is 57.0 Å². The Labute approximate surface area is 365 Å². The summed E-state index contributed by atoms with van der Waals surface area (Å²) in [6, 6.07) is 61.0. The highest BCUT2D eigenvalue weighted by atomic mass is 15.0. The molecule has 1 aliphatic rings. The van der Waals surface area contributed by atoms with Crippen LogP contribution < -0.4 is 11.1 Å². The van der Waals surface area contributed by atoms with Gasteiger partial charge >= 0.3 is 0 Å². The van der Waals surface area contributed by atoms with E-state index in [4.69, 9.17) is 11.1 Å². The lowest BCUT2D eigenvalue weighted by Gasteiger charge is -2.12. The first-order chi connectivity index (χ1) is 30.3. The number of para-hydroxylation sites is 2. The molecule has 62 heavy (non-hydrogen) atoms. The first-order valence-corrected chi connectivity index (χ1v) is 20.9. The second-order valence-electron chi connectivity index (χ2n) is 15.3. The molecule has 1 atom stereocenters. The number of aliphatic imine (C=N–C) groups is 1. The van der Waals surface area contributed by atoms with Crippen LogP contribution in [0.2, 0.25) is 0 Å². The summed E-state index contributed by atoms with van der Waals surface area (Å²) in [5, 5.41) is 14.8. The molecule has 0 fully saturated rings. The van der Waals surface area contributed by atoms with Crippen molar-refractivity contribution in [1.82, 2.24) is 9.13 Å². The highest BCUT2D eigenvalue weighted by Crippen LogP contribution is 2.44. The van der Waals surface area contributed by atoms with Crippen LogP contribution in [0, 0.1) is 19.3 Å². The SMILES string of the molecule is C=C/C=C\c1c(C)c2ccccc2n1C.C=NCc1ccccc1.Cc1cccc(-n2c3ccccc3c3c4c(ccc32)CC(c2ccccc2)N4)c1.N=C(N)c1ccccc1. The Kier molecular flexibility index (Phi) is 13.7. The van der Waals surface area contributed by atoms with Crippen LogP contribution in [0.1, 0.15) is 45.1 Å². The number of nitrogens with two attached hydrogens (primary N) is 1. The van der Waals surface area contributed by atoms with Gasteiger partial charge in [-0.3, -0.25) is 10.4 Å². The number of anilines is 1. The molecule has 1 aliphatic heterocycles.